The van der Waals surface area contributed by atoms with Crippen LogP contribution in [0.1, 0.15) is 11.7 Å². The number of aliphatic hydroxyl groups excluding tert-OH is 1. The predicted octanol–water partition coefficient (Wildman–Crippen LogP) is 4.56. The second kappa shape index (κ2) is 6.56. The molecule has 0 spiro atoms. The zero-order valence-electron chi connectivity index (χ0n) is 10.5. The molecular weight excluding hydrogens is 326 g/mol. The molecule has 0 saturated heterocycles. The van der Waals surface area contributed by atoms with Crippen molar-refractivity contribution in [1.82, 2.24) is 0 Å². The molecule has 0 saturated carbocycles. The smallest absolute Gasteiger partial charge is 0.161 e. The number of nitrogens with one attached hydrogen (secondary N) is 1. The molecule has 2 aromatic carbocycles. The molecule has 2 rings (SSSR count). The Bertz CT molecular complexity index is 667. The maximum Gasteiger partial charge on any atom is 0.161 e. The Labute approximate surface area is 129 Å². The van der Waals surface area contributed by atoms with Crippen LogP contribution in [0, 0.1) is 17.5 Å². The van der Waals surface area contributed by atoms with Gasteiger partial charge in [-0.1, -0.05) is 23.2 Å². The van der Waals surface area contributed by atoms with Crippen molar-refractivity contribution >= 4 is 28.9 Å². The summed E-state index contributed by atoms with van der Waals surface area (Å²) in [6.45, 7) is -0.151. The summed E-state index contributed by atoms with van der Waals surface area (Å²) < 4.78 is 39.3. The van der Waals surface area contributed by atoms with Crippen LogP contribution in [-0.4, -0.2) is 11.7 Å². The minimum absolute atomic E-state index is 0.151. The van der Waals surface area contributed by atoms with Crippen LogP contribution in [0.15, 0.2) is 30.3 Å². The lowest BCUT2D eigenvalue weighted by Crippen LogP contribution is -2.14. The summed E-state index contributed by atoms with van der Waals surface area (Å²) in [7, 11) is 0. The Morgan fingerprint density at radius 2 is 1.67 bits per heavy atom. The molecule has 112 valence electrons. The summed E-state index contributed by atoms with van der Waals surface area (Å²) >= 11 is 11.7. The molecule has 0 amide bonds. The third kappa shape index (κ3) is 3.81. The fourth-order valence-electron chi connectivity index (χ4n) is 1.74. The summed E-state index contributed by atoms with van der Waals surface area (Å²) in [6, 6.07) is 5.65. The highest BCUT2D eigenvalue weighted by Gasteiger charge is 2.14. The Kier molecular flexibility index (Phi) is 4.98. The lowest BCUT2D eigenvalue weighted by Gasteiger charge is -2.15. The zero-order valence-corrected chi connectivity index (χ0v) is 12.0. The summed E-state index contributed by atoms with van der Waals surface area (Å²) in [5, 5.41) is 13.2. The number of anilines is 1. The van der Waals surface area contributed by atoms with Crippen molar-refractivity contribution in [2.75, 3.05) is 11.9 Å². The van der Waals surface area contributed by atoms with Gasteiger partial charge in [0.2, 0.25) is 0 Å². The molecule has 0 heterocycles. The van der Waals surface area contributed by atoms with Crippen molar-refractivity contribution in [2.45, 2.75) is 6.10 Å². The van der Waals surface area contributed by atoms with Crippen LogP contribution in [0.2, 0.25) is 10.0 Å². The molecule has 0 radical (unpaired) electrons. The van der Waals surface area contributed by atoms with Crippen LogP contribution in [0.25, 0.3) is 0 Å². The maximum absolute atomic E-state index is 13.4. The zero-order chi connectivity index (χ0) is 15.6. The molecule has 1 unspecified atom stereocenters. The number of rotatable bonds is 4. The first-order chi connectivity index (χ1) is 9.88. The van der Waals surface area contributed by atoms with Gasteiger partial charge in [-0.15, -0.1) is 0 Å². The highest BCUT2D eigenvalue weighted by Crippen LogP contribution is 2.27. The van der Waals surface area contributed by atoms with Gasteiger partial charge in [0.15, 0.2) is 11.6 Å². The molecule has 0 aliphatic heterocycles. The first kappa shape index (κ1) is 15.9. The predicted molar refractivity (Wildman–Crippen MR) is 76.2 cm³/mol. The van der Waals surface area contributed by atoms with E-state index in [1.165, 1.54) is 12.1 Å². The Morgan fingerprint density at radius 3 is 2.38 bits per heavy atom. The molecular formula is C14H10Cl2F3NO. The average molecular weight is 336 g/mol. The van der Waals surface area contributed by atoms with Gasteiger partial charge in [-0.3, -0.25) is 0 Å². The van der Waals surface area contributed by atoms with E-state index in [0.717, 1.165) is 0 Å². The van der Waals surface area contributed by atoms with Gasteiger partial charge >= 0.3 is 0 Å². The van der Waals surface area contributed by atoms with E-state index in [9.17, 15) is 18.3 Å². The van der Waals surface area contributed by atoms with E-state index in [-0.39, 0.29) is 12.2 Å². The van der Waals surface area contributed by atoms with Gasteiger partial charge in [0.1, 0.15) is 5.82 Å². The van der Waals surface area contributed by atoms with E-state index < -0.39 is 23.6 Å². The second-order valence-electron chi connectivity index (χ2n) is 4.31. The van der Waals surface area contributed by atoms with Crippen LogP contribution >= 0.6 is 23.2 Å². The topological polar surface area (TPSA) is 32.3 Å². The number of hydrogen-bond acceptors (Lipinski definition) is 2. The highest BCUT2D eigenvalue weighted by atomic mass is 35.5. The fraction of sp³-hybridized carbons (Fsp3) is 0.143. The Morgan fingerprint density at radius 1 is 1.00 bits per heavy atom. The van der Waals surface area contributed by atoms with Crippen molar-refractivity contribution in [3.63, 3.8) is 0 Å². The number of halogens is 5. The molecule has 0 aliphatic carbocycles. The lowest BCUT2D eigenvalue weighted by molar-refractivity contribution is 0.191. The summed E-state index contributed by atoms with van der Waals surface area (Å²) in [6.07, 6.45) is -1.09. The minimum atomic E-state index is -1.28. The SMILES string of the molecule is OC(CNc1cc(F)c(F)cc1F)c1cc(Cl)ccc1Cl. The summed E-state index contributed by atoms with van der Waals surface area (Å²) in [5.74, 6) is -3.43. The van der Waals surface area contributed by atoms with Crippen LogP contribution in [-0.2, 0) is 0 Å². The van der Waals surface area contributed by atoms with E-state index in [0.29, 0.717) is 27.7 Å². The normalized spacial score (nSPS) is 12.3. The molecule has 2 aromatic rings. The molecule has 0 bridgehead atoms. The first-order valence-electron chi connectivity index (χ1n) is 5.90. The fourth-order valence-corrected chi connectivity index (χ4v) is 2.17. The van der Waals surface area contributed by atoms with E-state index in [1.807, 2.05) is 0 Å². The molecule has 0 fully saturated rings. The van der Waals surface area contributed by atoms with Gasteiger partial charge in [0, 0.05) is 34.3 Å². The van der Waals surface area contributed by atoms with Crippen molar-refractivity contribution < 1.29 is 18.3 Å². The monoisotopic (exact) mass is 335 g/mol. The molecule has 2 N–H and O–H groups in total. The van der Waals surface area contributed by atoms with Gasteiger partial charge in [0.25, 0.3) is 0 Å². The van der Waals surface area contributed by atoms with Crippen LogP contribution in [0.4, 0.5) is 18.9 Å². The van der Waals surface area contributed by atoms with E-state index in [1.54, 1.807) is 6.07 Å². The molecule has 21 heavy (non-hydrogen) atoms. The highest BCUT2D eigenvalue weighted by molar-refractivity contribution is 6.33. The van der Waals surface area contributed by atoms with Gasteiger partial charge in [-0.25, -0.2) is 13.2 Å². The van der Waals surface area contributed by atoms with E-state index >= 15 is 0 Å². The third-order valence-corrected chi connectivity index (χ3v) is 3.39. The number of benzene rings is 2. The first-order valence-corrected chi connectivity index (χ1v) is 6.65. The van der Waals surface area contributed by atoms with Crippen molar-refractivity contribution in [3.05, 3.63) is 63.4 Å². The molecule has 1 atom stereocenters. The van der Waals surface area contributed by atoms with Crippen molar-refractivity contribution in [1.29, 1.82) is 0 Å². The standard InChI is InChI=1S/C14H10Cl2F3NO/c15-7-1-2-9(16)8(3-7)14(21)6-20-13-5-11(18)10(17)4-12(13)19/h1-5,14,20-21H,6H2. The Balaban J connectivity index is 2.12. The van der Waals surface area contributed by atoms with Crippen LogP contribution < -0.4 is 5.32 Å². The summed E-state index contributed by atoms with van der Waals surface area (Å²) in [4.78, 5) is 0. The molecule has 7 heteroatoms. The minimum Gasteiger partial charge on any atom is -0.387 e. The van der Waals surface area contributed by atoms with Gasteiger partial charge in [0.05, 0.1) is 11.8 Å². The van der Waals surface area contributed by atoms with Crippen LogP contribution in [0.3, 0.4) is 0 Å². The van der Waals surface area contributed by atoms with Crippen molar-refractivity contribution in [2.24, 2.45) is 0 Å². The average Bonchev–Trinajstić information content (AvgIpc) is 2.43. The lowest BCUT2D eigenvalue weighted by atomic mass is 10.1. The molecule has 2 nitrogen and oxygen atoms in total. The summed E-state index contributed by atoms with van der Waals surface area (Å²) in [5.41, 5.74) is 0.0887. The van der Waals surface area contributed by atoms with Crippen LogP contribution in [0.5, 0.6) is 0 Å². The van der Waals surface area contributed by atoms with E-state index in [2.05, 4.69) is 5.32 Å². The number of hydrogen-bond donors (Lipinski definition) is 2. The van der Waals surface area contributed by atoms with E-state index in [4.69, 9.17) is 23.2 Å². The van der Waals surface area contributed by atoms with Gasteiger partial charge in [-0.2, -0.15) is 0 Å². The quantitative estimate of drug-likeness (QED) is 0.803. The van der Waals surface area contributed by atoms with Crippen molar-refractivity contribution in [3.8, 4) is 0 Å². The second-order valence-corrected chi connectivity index (χ2v) is 5.15. The largest absolute Gasteiger partial charge is 0.387 e. The molecule has 0 aromatic heterocycles. The third-order valence-electron chi connectivity index (χ3n) is 2.81. The van der Waals surface area contributed by atoms with Gasteiger partial charge < -0.3 is 10.4 Å². The number of aliphatic hydroxyl groups is 1. The van der Waals surface area contributed by atoms with Gasteiger partial charge in [-0.05, 0) is 18.2 Å². The molecule has 0 aliphatic rings. The maximum atomic E-state index is 13.4. The Hall–Kier alpha value is -1.43.